The Morgan fingerprint density at radius 2 is 1.94 bits per heavy atom. The molecule has 0 bridgehead atoms. The van der Waals surface area contributed by atoms with Crippen LogP contribution in [0.5, 0.6) is 11.5 Å². The molecule has 0 spiro atoms. The highest BCUT2D eigenvalue weighted by Crippen LogP contribution is 2.17. The highest BCUT2D eigenvalue weighted by molar-refractivity contribution is 5.83. The average Bonchev–Trinajstić information content (AvgIpc) is 2.31. The van der Waals surface area contributed by atoms with Gasteiger partial charge in [-0.25, -0.2) is 4.79 Å². The van der Waals surface area contributed by atoms with E-state index in [4.69, 9.17) is 14.6 Å². The van der Waals surface area contributed by atoms with Crippen LogP contribution in [0.1, 0.15) is 6.42 Å². The smallest absolute Gasteiger partial charge is 0.335 e. The second-order valence-corrected chi connectivity index (χ2v) is 3.02. The fourth-order valence-corrected chi connectivity index (χ4v) is 1.02. The molecule has 0 aliphatic rings. The van der Waals surface area contributed by atoms with Crippen LogP contribution < -0.4 is 9.47 Å². The molecule has 0 saturated heterocycles. The molecule has 1 aromatic carbocycles. The molecule has 0 aromatic heterocycles. The van der Waals surface area contributed by atoms with Gasteiger partial charge in [-0.2, -0.15) is 0 Å². The predicted molar refractivity (Wildman–Crippen MR) is 59.5 cm³/mol. The maximum absolute atomic E-state index is 10.9. The largest absolute Gasteiger partial charge is 0.494 e. The zero-order chi connectivity index (χ0) is 11.8. The summed E-state index contributed by atoms with van der Waals surface area (Å²) >= 11 is 0. The highest BCUT2D eigenvalue weighted by atomic mass is 16.5. The lowest BCUT2D eigenvalue weighted by Gasteiger charge is -2.06. The normalized spacial score (nSPS) is 9.56. The topological polar surface area (TPSA) is 55.8 Å². The Bertz CT molecular complexity index is 343. The zero-order valence-corrected chi connectivity index (χ0v) is 8.89. The van der Waals surface area contributed by atoms with Crippen LogP contribution in [0.25, 0.3) is 0 Å². The number of aliphatic hydroxyl groups excluding tert-OH is 1. The molecule has 0 radical (unpaired) electrons. The number of rotatable bonds is 6. The van der Waals surface area contributed by atoms with Crippen molar-refractivity contribution in [2.75, 3.05) is 13.2 Å². The van der Waals surface area contributed by atoms with Crippen LogP contribution in [-0.4, -0.2) is 24.3 Å². The maximum atomic E-state index is 10.9. The molecule has 0 atom stereocenters. The Balaban J connectivity index is 2.47. The molecule has 1 aromatic rings. The minimum atomic E-state index is -0.492. The van der Waals surface area contributed by atoms with Crippen LogP contribution >= 0.6 is 0 Å². The molecule has 4 nitrogen and oxygen atoms in total. The van der Waals surface area contributed by atoms with E-state index in [-0.39, 0.29) is 6.61 Å². The van der Waals surface area contributed by atoms with Gasteiger partial charge in [0.25, 0.3) is 0 Å². The molecular formula is C12H14O4. The fourth-order valence-electron chi connectivity index (χ4n) is 1.02. The van der Waals surface area contributed by atoms with Gasteiger partial charge in [0.05, 0.1) is 6.61 Å². The van der Waals surface area contributed by atoms with Crippen LogP contribution in [-0.2, 0) is 4.79 Å². The number of hydrogen-bond acceptors (Lipinski definition) is 4. The van der Waals surface area contributed by atoms with E-state index in [0.29, 0.717) is 24.5 Å². The third-order valence-electron chi connectivity index (χ3n) is 1.78. The van der Waals surface area contributed by atoms with E-state index in [2.05, 4.69) is 6.58 Å². The molecular weight excluding hydrogens is 208 g/mol. The molecule has 0 fully saturated rings. The molecule has 0 unspecified atom stereocenters. The van der Waals surface area contributed by atoms with Gasteiger partial charge in [0, 0.05) is 19.1 Å². The lowest BCUT2D eigenvalue weighted by atomic mass is 10.3. The summed E-state index contributed by atoms with van der Waals surface area (Å²) < 4.78 is 10.2. The third-order valence-corrected chi connectivity index (χ3v) is 1.78. The summed E-state index contributed by atoms with van der Waals surface area (Å²) in [7, 11) is 0. The van der Waals surface area contributed by atoms with E-state index in [1.807, 2.05) is 0 Å². The first-order valence-corrected chi connectivity index (χ1v) is 4.94. The van der Waals surface area contributed by atoms with Crippen LogP contribution in [0, 0.1) is 0 Å². The first kappa shape index (κ1) is 12.3. The van der Waals surface area contributed by atoms with Crippen molar-refractivity contribution >= 4 is 5.97 Å². The summed E-state index contributed by atoms with van der Waals surface area (Å²) in [5, 5.41) is 8.57. The van der Waals surface area contributed by atoms with Crippen molar-refractivity contribution in [3.05, 3.63) is 36.9 Å². The van der Waals surface area contributed by atoms with E-state index in [1.165, 1.54) is 0 Å². The molecule has 0 aliphatic heterocycles. The van der Waals surface area contributed by atoms with Crippen LogP contribution in [0.3, 0.4) is 0 Å². The standard InChI is InChI=1S/C12H14O4/c1-2-12(14)16-11-6-4-10(5-7-11)15-9-3-8-13/h2,4-7,13H,1,3,8-9H2. The van der Waals surface area contributed by atoms with Gasteiger partial charge >= 0.3 is 5.97 Å². The number of carbonyl (C=O) groups excluding carboxylic acids is 1. The Morgan fingerprint density at radius 1 is 1.31 bits per heavy atom. The number of ether oxygens (including phenoxy) is 2. The zero-order valence-electron chi connectivity index (χ0n) is 8.89. The lowest BCUT2D eigenvalue weighted by Crippen LogP contribution is -2.03. The van der Waals surface area contributed by atoms with E-state index in [1.54, 1.807) is 24.3 Å². The number of hydrogen-bond donors (Lipinski definition) is 1. The molecule has 86 valence electrons. The summed E-state index contributed by atoms with van der Waals surface area (Å²) in [6.45, 7) is 3.87. The molecule has 1 N–H and O–H groups in total. The Labute approximate surface area is 94.1 Å². The average molecular weight is 222 g/mol. The van der Waals surface area contributed by atoms with E-state index in [0.717, 1.165) is 6.08 Å². The van der Waals surface area contributed by atoms with Gasteiger partial charge in [-0.3, -0.25) is 0 Å². The Kier molecular flexibility index (Phi) is 5.08. The van der Waals surface area contributed by atoms with Crippen LogP contribution in [0.2, 0.25) is 0 Å². The van der Waals surface area contributed by atoms with Crippen molar-refractivity contribution < 1.29 is 19.4 Å². The second-order valence-electron chi connectivity index (χ2n) is 3.02. The highest BCUT2D eigenvalue weighted by Gasteiger charge is 1.99. The SMILES string of the molecule is C=CC(=O)Oc1ccc(OCCCO)cc1. The van der Waals surface area contributed by atoms with Gasteiger partial charge in [0.2, 0.25) is 0 Å². The quantitative estimate of drug-likeness (QED) is 0.343. The van der Waals surface area contributed by atoms with Gasteiger partial charge in [-0.1, -0.05) is 6.58 Å². The second kappa shape index (κ2) is 6.63. The van der Waals surface area contributed by atoms with Crippen LogP contribution in [0.15, 0.2) is 36.9 Å². The molecule has 16 heavy (non-hydrogen) atoms. The fraction of sp³-hybridized carbons (Fsp3) is 0.250. The third kappa shape index (κ3) is 4.14. The molecule has 4 heteroatoms. The molecule has 0 aliphatic carbocycles. The molecule has 0 amide bonds. The Hall–Kier alpha value is -1.81. The van der Waals surface area contributed by atoms with Gasteiger partial charge in [0.1, 0.15) is 11.5 Å². The summed E-state index contributed by atoms with van der Waals surface area (Å²) in [4.78, 5) is 10.9. The summed E-state index contributed by atoms with van der Waals surface area (Å²) in [5.74, 6) is 0.625. The minimum Gasteiger partial charge on any atom is -0.494 e. The predicted octanol–water partition coefficient (Wildman–Crippen LogP) is 1.54. The van der Waals surface area contributed by atoms with Gasteiger partial charge in [-0.15, -0.1) is 0 Å². The van der Waals surface area contributed by atoms with Crippen molar-refractivity contribution in [2.24, 2.45) is 0 Å². The van der Waals surface area contributed by atoms with Gasteiger partial charge in [-0.05, 0) is 24.3 Å². The van der Waals surface area contributed by atoms with Crippen molar-refractivity contribution in [3.8, 4) is 11.5 Å². The summed E-state index contributed by atoms with van der Waals surface area (Å²) in [5.41, 5.74) is 0. The summed E-state index contributed by atoms with van der Waals surface area (Å²) in [6, 6.07) is 6.66. The minimum absolute atomic E-state index is 0.106. The Morgan fingerprint density at radius 3 is 2.50 bits per heavy atom. The van der Waals surface area contributed by atoms with E-state index in [9.17, 15) is 4.79 Å². The van der Waals surface area contributed by atoms with Crippen LogP contribution in [0.4, 0.5) is 0 Å². The van der Waals surface area contributed by atoms with Crippen molar-refractivity contribution in [2.45, 2.75) is 6.42 Å². The number of benzene rings is 1. The number of esters is 1. The number of carbonyl (C=O) groups is 1. The monoisotopic (exact) mass is 222 g/mol. The number of aliphatic hydroxyl groups is 1. The summed E-state index contributed by atoms with van der Waals surface area (Å²) in [6.07, 6.45) is 1.69. The van der Waals surface area contributed by atoms with Crippen molar-refractivity contribution in [1.29, 1.82) is 0 Å². The maximum Gasteiger partial charge on any atom is 0.335 e. The first-order chi connectivity index (χ1) is 7.76. The van der Waals surface area contributed by atoms with Gasteiger partial charge < -0.3 is 14.6 Å². The van der Waals surface area contributed by atoms with E-state index >= 15 is 0 Å². The van der Waals surface area contributed by atoms with E-state index < -0.39 is 5.97 Å². The first-order valence-electron chi connectivity index (χ1n) is 4.94. The molecule has 0 heterocycles. The molecule has 0 saturated carbocycles. The van der Waals surface area contributed by atoms with Crippen molar-refractivity contribution in [1.82, 2.24) is 0 Å². The van der Waals surface area contributed by atoms with Crippen molar-refractivity contribution in [3.63, 3.8) is 0 Å². The molecule has 1 rings (SSSR count). The van der Waals surface area contributed by atoms with Gasteiger partial charge in [0.15, 0.2) is 0 Å². The lowest BCUT2D eigenvalue weighted by molar-refractivity contribution is -0.128.